The molecule has 0 radical (unpaired) electrons. The van der Waals surface area contributed by atoms with Crippen molar-refractivity contribution in [3.05, 3.63) is 76.0 Å². The van der Waals surface area contributed by atoms with Gasteiger partial charge in [-0.25, -0.2) is 0 Å². The third kappa shape index (κ3) is 4.95. The summed E-state index contributed by atoms with van der Waals surface area (Å²) >= 11 is 0. The van der Waals surface area contributed by atoms with Crippen LogP contribution >= 0.6 is 0 Å². The molecule has 0 aliphatic carbocycles. The molecule has 0 atom stereocenters. The molecule has 0 aliphatic rings. The summed E-state index contributed by atoms with van der Waals surface area (Å²) in [5, 5.41) is 15.2. The summed E-state index contributed by atoms with van der Waals surface area (Å²) < 4.78 is 0. The van der Waals surface area contributed by atoms with E-state index in [-0.39, 0.29) is 5.57 Å². The van der Waals surface area contributed by atoms with E-state index < -0.39 is 5.91 Å². The summed E-state index contributed by atoms with van der Waals surface area (Å²) in [5.74, 6) is -0.425. The first-order valence-corrected chi connectivity index (χ1v) is 8.45. The fraction of sp³-hybridized carbons (Fsp3) is 0.238. The summed E-state index contributed by atoms with van der Waals surface area (Å²) in [6, 6.07) is 13.8. The highest BCUT2D eigenvalue weighted by Crippen LogP contribution is 2.22. The Kier molecular flexibility index (Phi) is 6.54. The third-order valence-corrected chi connectivity index (χ3v) is 4.06. The monoisotopic (exact) mass is 348 g/mol. The molecule has 5 heteroatoms. The van der Waals surface area contributed by atoms with Crippen molar-refractivity contribution < 1.29 is 4.79 Å². The molecule has 5 nitrogen and oxygen atoms in total. The van der Waals surface area contributed by atoms with Crippen molar-refractivity contribution in [2.45, 2.75) is 33.9 Å². The van der Waals surface area contributed by atoms with Gasteiger partial charge in [0.1, 0.15) is 11.6 Å². The van der Waals surface area contributed by atoms with Crippen molar-refractivity contribution in [3.63, 3.8) is 0 Å². The molecule has 1 amide bonds. The van der Waals surface area contributed by atoms with Crippen molar-refractivity contribution >= 4 is 11.6 Å². The Morgan fingerprint density at radius 2 is 1.81 bits per heavy atom. The first kappa shape index (κ1) is 19.2. The van der Waals surface area contributed by atoms with E-state index in [0.717, 1.165) is 33.5 Å². The Labute approximate surface area is 154 Å². The van der Waals surface area contributed by atoms with Gasteiger partial charge in [-0.3, -0.25) is 4.79 Å². The van der Waals surface area contributed by atoms with Gasteiger partial charge in [0.25, 0.3) is 5.91 Å². The highest BCUT2D eigenvalue weighted by atomic mass is 16.1. The normalized spacial score (nSPS) is 11.0. The van der Waals surface area contributed by atoms with E-state index in [2.05, 4.69) is 10.6 Å². The molecule has 0 unspecified atom stereocenters. The number of nitrogens with two attached hydrogens (primary N) is 1. The lowest BCUT2D eigenvalue weighted by Gasteiger charge is -2.12. The second-order valence-corrected chi connectivity index (χ2v) is 6.30. The lowest BCUT2D eigenvalue weighted by molar-refractivity contribution is -0.112. The van der Waals surface area contributed by atoms with E-state index in [1.54, 1.807) is 0 Å². The van der Waals surface area contributed by atoms with Gasteiger partial charge in [0, 0.05) is 25.0 Å². The van der Waals surface area contributed by atoms with Gasteiger partial charge < -0.3 is 16.4 Å². The fourth-order valence-corrected chi connectivity index (χ4v) is 2.84. The molecule has 4 N–H and O–H groups in total. The smallest absolute Gasteiger partial charge is 0.267 e. The molecule has 0 saturated carbocycles. The number of aryl methyl sites for hydroxylation is 3. The van der Waals surface area contributed by atoms with Crippen LogP contribution in [0.1, 0.15) is 27.8 Å². The van der Waals surface area contributed by atoms with Gasteiger partial charge in [-0.1, -0.05) is 42.0 Å². The van der Waals surface area contributed by atoms with Gasteiger partial charge >= 0.3 is 0 Å². The molecule has 26 heavy (non-hydrogen) atoms. The summed E-state index contributed by atoms with van der Waals surface area (Å²) in [4.78, 5) is 12.4. The molecule has 2 aromatic rings. The maximum atomic E-state index is 12.4. The number of carbonyl (C=O) groups excluding carboxylic acids is 1. The van der Waals surface area contributed by atoms with Crippen molar-refractivity contribution in [1.29, 1.82) is 5.26 Å². The van der Waals surface area contributed by atoms with Gasteiger partial charge in [-0.05, 0) is 43.0 Å². The second kappa shape index (κ2) is 8.84. The lowest BCUT2D eigenvalue weighted by atomic mass is 10.0. The van der Waals surface area contributed by atoms with E-state index in [0.29, 0.717) is 13.1 Å². The average molecular weight is 348 g/mol. The lowest BCUT2D eigenvalue weighted by Crippen LogP contribution is -2.18. The number of rotatable bonds is 6. The minimum atomic E-state index is -0.425. The zero-order valence-corrected chi connectivity index (χ0v) is 15.4. The number of anilines is 1. The standard InChI is InChI=1S/C21H24N4O/c1-14-7-15(2)20(16(3)8-14)25-21(26)19(11-23)13-24-12-18-6-4-5-17(9-18)10-22/h4-9,13,24H,10,12,22H2,1-3H3,(H,25,26)/b19-13-. The third-order valence-electron chi connectivity index (χ3n) is 4.06. The molecule has 0 heterocycles. The largest absolute Gasteiger partial charge is 0.386 e. The van der Waals surface area contributed by atoms with Gasteiger partial charge in [0.2, 0.25) is 0 Å². The fourth-order valence-electron chi connectivity index (χ4n) is 2.84. The molecule has 134 valence electrons. The molecule has 2 aromatic carbocycles. The summed E-state index contributed by atoms with van der Waals surface area (Å²) in [6.07, 6.45) is 1.45. The number of benzene rings is 2. The zero-order chi connectivity index (χ0) is 19.1. The Hall–Kier alpha value is -3.10. The number of amides is 1. The van der Waals surface area contributed by atoms with Crippen molar-refractivity contribution in [2.75, 3.05) is 5.32 Å². The van der Waals surface area contributed by atoms with Gasteiger partial charge in [-0.2, -0.15) is 5.26 Å². The van der Waals surface area contributed by atoms with Gasteiger partial charge in [0.15, 0.2) is 0 Å². The highest BCUT2D eigenvalue weighted by molar-refractivity contribution is 6.07. The second-order valence-electron chi connectivity index (χ2n) is 6.30. The van der Waals surface area contributed by atoms with Crippen molar-refractivity contribution in [1.82, 2.24) is 5.32 Å². The topological polar surface area (TPSA) is 90.9 Å². The summed E-state index contributed by atoms with van der Waals surface area (Å²) in [5.41, 5.74) is 11.6. The quantitative estimate of drug-likeness (QED) is 0.552. The molecule has 0 fully saturated rings. The molecular formula is C21H24N4O. The van der Waals surface area contributed by atoms with Crippen LogP contribution < -0.4 is 16.4 Å². The Morgan fingerprint density at radius 3 is 2.42 bits per heavy atom. The predicted octanol–water partition coefficient (Wildman–Crippen LogP) is 3.21. The van der Waals surface area contributed by atoms with Crippen LogP contribution in [0.2, 0.25) is 0 Å². The number of nitriles is 1. The average Bonchev–Trinajstić information content (AvgIpc) is 2.61. The van der Waals surface area contributed by atoms with Crippen molar-refractivity contribution in [2.24, 2.45) is 5.73 Å². The van der Waals surface area contributed by atoms with Gasteiger partial charge in [0.05, 0.1) is 0 Å². The number of nitrogens with one attached hydrogen (secondary N) is 2. The molecule has 0 spiro atoms. The first-order chi connectivity index (χ1) is 12.4. The van der Waals surface area contributed by atoms with Crippen LogP contribution in [-0.4, -0.2) is 5.91 Å². The van der Waals surface area contributed by atoms with Crippen LogP contribution in [0, 0.1) is 32.1 Å². The first-order valence-electron chi connectivity index (χ1n) is 8.45. The van der Waals surface area contributed by atoms with Crippen LogP contribution in [0.15, 0.2) is 48.2 Å². The maximum absolute atomic E-state index is 12.4. The molecular weight excluding hydrogens is 324 g/mol. The Balaban J connectivity index is 2.06. The number of hydrogen-bond acceptors (Lipinski definition) is 4. The molecule has 2 rings (SSSR count). The van der Waals surface area contributed by atoms with Crippen LogP contribution in [0.25, 0.3) is 0 Å². The van der Waals surface area contributed by atoms with Gasteiger partial charge in [-0.15, -0.1) is 0 Å². The molecule has 0 aromatic heterocycles. The minimum absolute atomic E-state index is 0.0272. The van der Waals surface area contributed by atoms with E-state index in [4.69, 9.17) is 5.73 Å². The number of carbonyl (C=O) groups is 1. The zero-order valence-electron chi connectivity index (χ0n) is 15.4. The predicted molar refractivity (Wildman–Crippen MR) is 104 cm³/mol. The van der Waals surface area contributed by atoms with Crippen LogP contribution in [0.5, 0.6) is 0 Å². The van der Waals surface area contributed by atoms with E-state index in [1.807, 2.05) is 63.2 Å². The Bertz CT molecular complexity index is 855. The van der Waals surface area contributed by atoms with Crippen LogP contribution in [0.3, 0.4) is 0 Å². The van der Waals surface area contributed by atoms with Crippen LogP contribution in [0.4, 0.5) is 5.69 Å². The minimum Gasteiger partial charge on any atom is -0.386 e. The molecule has 0 aliphatic heterocycles. The van der Waals surface area contributed by atoms with E-state index >= 15 is 0 Å². The van der Waals surface area contributed by atoms with E-state index in [9.17, 15) is 10.1 Å². The summed E-state index contributed by atoms with van der Waals surface area (Å²) in [6.45, 7) is 6.87. The number of hydrogen-bond donors (Lipinski definition) is 3. The SMILES string of the molecule is Cc1cc(C)c(NC(=O)/C(C#N)=C\NCc2cccc(CN)c2)c(C)c1. The van der Waals surface area contributed by atoms with E-state index in [1.165, 1.54) is 6.20 Å². The van der Waals surface area contributed by atoms with Crippen molar-refractivity contribution in [3.8, 4) is 6.07 Å². The molecule has 0 bridgehead atoms. The summed E-state index contributed by atoms with van der Waals surface area (Å²) in [7, 11) is 0. The van der Waals surface area contributed by atoms with Crippen LogP contribution in [-0.2, 0) is 17.9 Å². The highest BCUT2D eigenvalue weighted by Gasteiger charge is 2.12. The number of nitrogens with zero attached hydrogens (tertiary/aromatic N) is 1. The molecule has 0 saturated heterocycles. The Morgan fingerprint density at radius 1 is 1.15 bits per heavy atom. The maximum Gasteiger partial charge on any atom is 0.267 e.